The van der Waals surface area contributed by atoms with Crippen molar-refractivity contribution in [3.05, 3.63) is 30.1 Å². The molecule has 1 fully saturated rings. The monoisotopic (exact) mass is 271 g/mol. The molecule has 1 heterocycles. The Kier molecular flexibility index (Phi) is 2.78. The van der Waals surface area contributed by atoms with E-state index in [4.69, 9.17) is 10.7 Å². The van der Waals surface area contributed by atoms with Crippen molar-refractivity contribution in [1.82, 2.24) is 9.55 Å². The van der Waals surface area contributed by atoms with Gasteiger partial charge in [-0.2, -0.15) is 0 Å². The first-order chi connectivity index (χ1) is 9.26. The van der Waals surface area contributed by atoms with Gasteiger partial charge in [0.25, 0.3) is 0 Å². The smallest absolute Gasteiger partial charge is 0.111 e. The Labute approximate surface area is 121 Å². The zero-order valence-corrected chi connectivity index (χ0v) is 13.1. The molecular formula is C17H25N3. The van der Waals surface area contributed by atoms with Gasteiger partial charge in [0.05, 0.1) is 11.0 Å². The molecule has 3 heteroatoms. The molecular weight excluding hydrogens is 246 g/mol. The molecule has 20 heavy (non-hydrogen) atoms. The molecule has 1 atom stereocenters. The van der Waals surface area contributed by atoms with Gasteiger partial charge in [-0.1, -0.05) is 39.8 Å². The topological polar surface area (TPSA) is 43.8 Å². The molecule has 2 aromatic rings. The van der Waals surface area contributed by atoms with Crippen LogP contribution >= 0.6 is 0 Å². The van der Waals surface area contributed by atoms with E-state index in [1.807, 2.05) is 6.07 Å². The highest BCUT2D eigenvalue weighted by molar-refractivity contribution is 5.75. The third-order valence-electron chi connectivity index (χ3n) is 5.86. The van der Waals surface area contributed by atoms with Gasteiger partial charge < -0.3 is 10.3 Å². The SMILES string of the molecule is Cn1c(CC(N)C2C(C)(C)C2(C)C)nc2ccccc21. The second kappa shape index (κ2) is 4.08. The summed E-state index contributed by atoms with van der Waals surface area (Å²) >= 11 is 0. The Morgan fingerprint density at radius 1 is 1.20 bits per heavy atom. The van der Waals surface area contributed by atoms with Gasteiger partial charge in [0.2, 0.25) is 0 Å². The quantitative estimate of drug-likeness (QED) is 0.932. The maximum absolute atomic E-state index is 6.50. The summed E-state index contributed by atoms with van der Waals surface area (Å²) in [6, 6.07) is 8.44. The van der Waals surface area contributed by atoms with Crippen LogP contribution in [0.1, 0.15) is 33.5 Å². The molecule has 1 unspecified atom stereocenters. The Morgan fingerprint density at radius 3 is 2.35 bits per heavy atom. The lowest BCUT2D eigenvalue weighted by Gasteiger charge is -2.13. The predicted molar refractivity (Wildman–Crippen MR) is 83.4 cm³/mol. The minimum Gasteiger partial charge on any atom is -0.331 e. The first-order valence-electron chi connectivity index (χ1n) is 7.42. The molecule has 1 aliphatic rings. The van der Waals surface area contributed by atoms with Crippen LogP contribution in [-0.4, -0.2) is 15.6 Å². The maximum atomic E-state index is 6.50. The average Bonchev–Trinajstić information content (AvgIpc) is 2.63. The third kappa shape index (κ3) is 1.72. The number of nitrogens with two attached hydrogens (primary N) is 1. The highest BCUT2D eigenvalue weighted by Gasteiger charge is 2.66. The van der Waals surface area contributed by atoms with E-state index >= 15 is 0 Å². The molecule has 1 saturated carbocycles. The van der Waals surface area contributed by atoms with Gasteiger partial charge in [0.1, 0.15) is 5.82 Å². The minimum absolute atomic E-state index is 0.176. The van der Waals surface area contributed by atoms with E-state index in [0.29, 0.717) is 16.7 Å². The van der Waals surface area contributed by atoms with Crippen LogP contribution in [0.25, 0.3) is 11.0 Å². The van der Waals surface area contributed by atoms with E-state index in [1.54, 1.807) is 0 Å². The molecule has 1 aromatic carbocycles. The molecule has 3 nitrogen and oxygen atoms in total. The van der Waals surface area contributed by atoms with Crippen molar-refractivity contribution >= 4 is 11.0 Å². The number of para-hydroxylation sites is 2. The van der Waals surface area contributed by atoms with Gasteiger partial charge in [-0.05, 0) is 28.9 Å². The molecule has 0 aliphatic heterocycles. The van der Waals surface area contributed by atoms with E-state index in [1.165, 1.54) is 5.52 Å². The maximum Gasteiger partial charge on any atom is 0.111 e. The second-order valence-corrected chi connectivity index (χ2v) is 7.36. The molecule has 0 amide bonds. The first kappa shape index (κ1) is 13.6. The number of nitrogens with zero attached hydrogens (tertiary/aromatic N) is 2. The number of fused-ring (bicyclic) bond motifs is 1. The molecule has 2 N–H and O–H groups in total. The summed E-state index contributed by atoms with van der Waals surface area (Å²) in [5, 5.41) is 0. The van der Waals surface area contributed by atoms with Crippen LogP contribution < -0.4 is 5.73 Å². The van der Waals surface area contributed by atoms with Crippen molar-refractivity contribution in [2.24, 2.45) is 29.5 Å². The van der Waals surface area contributed by atoms with Crippen molar-refractivity contribution in [3.8, 4) is 0 Å². The van der Waals surface area contributed by atoms with Crippen LogP contribution in [0.15, 0.2) is 24.3 Å². The highest BCUT2D eigenvalue weighted by atomic mass is 15.1. The fourth-order valence-electron chi connectivity index (χ4n) is 4.02. The lowest BCUT2D eigenvalue weighted by molar-refractivity contribution is 0.457. The van der Waals surface area contributed by atoms with Crippen LogP contribution in [-0.2, 0) is 13.5 Å². The van der Waals surface area contributed by atoms with E-state index in [9.17, 15) is 0 Å². The fraction of sp³-hybridized carbons (Fsp3) is 0.588. The molecule has 0 radical (unpaired) electrons. The lowest BCUT2D eigenvalue weighted by Crippen LogP contribution is -2.29. The summed E-state index contributed by atoms with van der Waals surface area (Å²) in [6.45, 7) is 9.30. The van der Waals surface area contributed by atoms with Crippen LogP contribution in [0, 0.1) is 16.7 Å². The van der Waals surface area contributed by atoms with Crippen LogP contribution in [0.2, 0.25) is 0 Å². The molecule has 0 saturated heterocycles. The summed E-state index contributed by atoms with van der Waals surface area (Å²) in [7, 11) is 2.08. The number of hydrogen-bond acceptors (Lipinski definition) is 2. The standard InChI is InChI=1S/C17H25N3/c1-16(2)15(17(16,3)4)11(18)10-14-19-12-8-6-7-9-13(12)20(14)5/h6-9,11,15H,10,18H2,1-5H3. The summed E-state index contributed by atoms with van der Waals surface area (Å²) in [5.74, 6) is 1.66. The number of aromatic nitrogens is 2. The van der Waals surface area contributed by atoms with Gasteiger partial charge in [-0.25, -0.2) is 4.98 Å². The molecule has 1 aromatic heterocycles. The van der Waals surface area contributed by atoms with Crippen molar-refractivity contribution in [2.75, 3.05) is 0 Å². The molecule has 108 valence electrons. The van der Waals surface area contributed by atoms with Crippen molar-refractivity contribution < 1.29 is 0 Å². The highest BCUT2D eigenvalue weighted by Crippen LogP contribution is 2.69. The normalized spacial score (nSPS) is 22.1. The van der Waals surface area contributed by atoms with E-state index in [2.05, 4.69) is 57.5 Å². The van der Waals surface area contributed by atoms with Crippen molar-refractivity contribution in [1.29, 1.82) is 0 Å². The Bertz CT molecular complexity index is 637. The fourth-order valence-corrected chi connectivity index (χ4v) is 4.02. The second-order valence-electron chi connectivity index (χ2n) is 7.36. The summed E-state index contributed by atoms with van der Waals surface area (Å²) < 4.78 is 2.18. The predicted octanol–water partition coefficient (Wildman–Crippen LogP) is 3.13. The Morgan fingerprint density at radius 2 is 1.80 bits per heavy atom. The number of rotatable bonds is 3. The lowest BCUT2D eigenvalue weighted by atomic mass is 10.0. The zero-order valence-electron chi connectivity index (χ0n) is 13.1. The van der Waals surface area contributed by atoms with E-state index in [0.717, 1.165) is 17.8 Å². The molecule has 1 aliphatic carbocycles. The number of benzene rings is 1. The zero-order chi connectivity index (χ0) is 14.7. The summed E-state index contributed by atoms with van der Waals surface area (Å²) in [5.41, 5.74) is 9.41. The van der Waals surface area contributed by atoms with Crippen LogP contribution in [0.3, 0.4) is 0 Å². The van der Waals surface area contributed by atoms with Crippen molar-refractivity contribution in [3.63, 3.8) is 0 Å². The summed E-state index contributed by atoms with van der Waals surface area (Å²) in [4.78, 5) is 4.74. The molecule has 0 spiro atoms. The van der Waals surface area contributed by atoms with Gasteiger partial charge in [-0.3, -0.25) is 0 Å². The number of imidazole rings is 1. The third-order valence-corrected chi connectivity index (χ3v) is 5.86. The minimum atomic E-state index is 0.176. The van der Waals surface area contributed by atoms with E-state index in [-0.39, 0.29) is 6.04 Å². The Hall–Kier alpha value is -1.35. The largest absolute Gasteiger partial charge is 0.331 e. The number of aryl methyl sites for hydroxylation is 1. The molecule has 0 bridgehead atoms. The van der Waals surface area contributed by atoms with Gasteiger partial charge >= 0.3 is 0 Å². The Balaban J connectivity index is 1.86. The molecule has 3 rings (SSSR count). The van der Waals surface area contributed by atoms with E-state index < -0.39 is 0 Å². The average molecular weight is 271 g/mol. The van der Waals surface area contributed by atoms with Gasteiger partial charge in [0, 0.05) is 19.5 Å². The number of hydrogen-bond donors (Lipinski definition) is 1. The van der Waals surface area contributed by atoms with Gasteiger partial charge in [0.15, 0.2) is 0 Å². The van der Waals surface area contributed by atoms with Crippen LogP contribution in [0.4, 0.5) is 0 Å². The summed E-state index contributed by atoms with van der Waals surface area (Å²) in [6.07, 6.45) is 0.850. The van der Waals surface area contributed by atoms with Gasteiger partial charge in [-0.15, -0.1) is 0 Å². The van der Waals surface area contributed by atoms with Crippen LogP contribution in [0.5, 0.6) is 0 Å². The first-order valence-corrected chi connectivity index (χ1v) is 7.42. The van der Waals surface area contributed by atoms with Crippen molar-refractivity contribution in [2.45, 2.75) is 40.2 Å².